The van der Waals surface area contributed by atoms with Crippen LogP contribution in [0.15, 0.2) is 48.5 Å². The Hall–Kier alpha value is -2.62. The number of aryl methyl sites for hydroxylation is 1. The number of nitrogens with one attached hydrogen (secondary N) is 2. The third-order valence-corrected chi connectivity index (χ3v) is 4.50. The van der Waals surface area contributed by atoms with Gasteiger partial charge in [-0.05, 0) is 56.0 Å². The Kier molecular flexibility index (Phi) is 3.90. The maximum Gasteiger partial charge on any atom is 0.240 e. The third-order valence-electron chi connectivity index (χ3n) is 4.50. The number of hydrogen-bond donors (Lipinski definition) is 2. The summed E-state index contributed by atoms with van der Waals surface area (Å²) in [6.45, 7) is 3.97. The second kappa shape index (κ2) is 5.88. The van der Waals surface area contributed by atoms with Crippen LogP contribution in [0.25, 0.3) is 0 Å². The summed E-state index contributed by atoms with van der Waals surface area (Å²) in [7, 11) is 0. The maximum atomic E-state index is 12.6. The summed E-state index contributed by atoms with van der Waals surface area (Å²) in [5.74, 6) is -0.453. The lowest BCUT2D eigenvalue weighted by molar-refractivity contribution is -0.131. The van der Waals surface area contributed by atoms with Gasteiger partial charge < -0.3 is 10.6 Å². The predicted octanol–water partition coefficient (Wildman–Crippen LogP) is 3.66. The molecule has 0 spiro atoms. The molecule has 2 amide bonds. The average molecular weight is 308 g/mol. The number of hydrogen-bond acceptors (Lipinski definition) is 2. The second-order valence-electron chi connectivity index (χ2n) is 6.10. The number of amides is 2. The summed E-state index contributed by atoms with van der Waals surface area (Å²) >= 11 is 0. The molecule has 23 heavy (non-hydrogen) atoms. The summed E-state index contributed by atoms with van der Waals surface area (Å²) in [6.07, 6.45) is 1.17. The zero-order chi connectivity index (χ0) is 16.4. The Labute approximate surface area is 135 Å². The molecule has 0 bridgehead atoms. The molecule has 0 aromatic heterocycles. The molecule has 0 radical (unpaired) electrons. The molecule has 1 aliphatic rings. The normalized spacial score (nSPS) is 14.9. The van der Waals surface area contributed by atoms with Gasteiger partial charge in [0.25, 0.3) is 0 Å². The Balaban J connectivity index is 1.74. The number of carbonyl (C=O) groups is 2. The van der Waals surface area contributed by atoms with E-state index in [2.05, 4.69) is 10.6 Å². The van der Waals surface area contributed by atoms with Gasteiger partial charge >= 0.3 is 0 Å². The van der Waals surface area contributed by atoms with E-state index in [1.54, 1.807) is 0 Å². The van der Waals surface area contributed by atoms with Gasteiger partial charge in [0.1, 0.15) is 5.41 Å². The van der Waals surface area contributed by atoms with Crippen LogP contribution < -0.4 is 10.6 Å². The zero-order valence-electron chi connectivity index (χ0n) is 13.3. The van der Waals surface area contributed by atoms with Gasteiger partial charge in [-0.25, -0.2) is 0 Å². The standard InChI is InChI=1S/C19H20N2O2/c1-13-7-6-10-16(14(13)2)21-18(23)19(11-12-19)17(22)20-15-8-4-3-5-9-15/h3-10H,11-12H2,1-2H3,(H,20,22)(H,21,23). The minimum Gasteiger partial charge on any atom is -0.325 e. The van der Waals surface area contributed by atoms with Gasteiger partial charge in [0.15, 0.2) is 0 Å². The van der Waals surface area contributed by atoms with Crippen LogP contribution in [-0.4, -0.2) is 11.8 Å². The molecule has 1 fully saturated rings. The van der Waals surface area contributed by atoms with Crippen LogP contribution >= 0.6 is 0 Å². The van der Waals surface area contributed by atoms with Crippen molar-refractivity contribution in [1.82, 2.24) is 0 Å². The molecule has 0 saturated heterocycles. The fourth-order valence-corrected chi connectivity index (χ4v) is 2.58. The first-order valence-corrected chi connectivity index (χ1v) is 7.77. The number of benzene rings is 2. The molecule has 0 unspecified atom stereocenters. The minimum atomic E-state index is -0.938. The average Bonchev–Trinajstić information content (AvgIpc) is 3.35. The molecule has 0 heterocycles. The summed E-state index contributed by atoms with van der Waals surface area (Å²) in [6, 6.07) is 15.0. The number of carbonyl (C=O) groups excluding carboxylic acids is 2. The van der Waals surface area contributed by atoms with Gasteiger partial charge in [-0.2, -0.15) is 0 Å². The molecule has 1 saturated carbocycles. The molecule has 2 aromatic carbocycles. The predicted molar refractivity (Wildman–Crippen MR) is 91.3 cm³/mol. The van der Waals surface area contributed by atoms with Crippen molar-refractivity contribution in [3.63, 3.8) is 0 Å². The van der Waals surface area contributed by atoms with E-state index < -0.39 is 5.41 Å². The van der Waals surface area contributed by atoms with Crippen LogP contribution in [0.5, 0.6) is 0 Å². The first-order chi connectivity index (χ1) is 11.0. The van der Waals surface area contributed by atoms with Crippen LogP contribution in [-0.2, 0) is 9.59 Å². The van der Waals surface area contributed by atoms with Crippen molar-refractivity contribution < 1.29 is 9.59 Å². The molecule has 0 atom stereocenters. The van der Waals surface area contributed by atoms with Crippen molar-refractivity contribution in [2.24, 2.45) is 5.41 Å². The van der Waals surface area contributed by atoms with Gasteiger partial charge in [-0.3, -0.25) is 9.59 Å². The highest BCUT2D eigenvalue weighted by Crippen LogP contribution is 2.47. The summed E-state index contributed by atoms with van der Waals surface area (Å²) in [5.41, 5.74) is 2.69. The Bertz CT molecular complexity index is 749. The van der Waals surface area contributed by atoms with Crippen LogP contribution in [0.1, 0.15) is 24.0 Å². The van der Waals surface area contributed by atoms with E-state index in [1.807, 2.05) is 62.4 Å². The molecule has 2 aromatic rings. The van der Waals surface area contributed by atoms with E-state index in [1.165, 1.54) is 0 Å². The first kappa shape index (κ1) is 15.3. The summed E-state index contributed by atoms with van der Waals surface area (Å²) in [4.78, 5) is 25.1. The van der Waals surface area contributed by atoms with Gasteiger partial charge in [0.2, 0.25) is 11.8 Å². The zero-order valence-corrected chi connectivity index (χ0v) is 13.3. The quantitative estimate of drug-likeness (QED) is 0.847. The minimum absolute atomic E-state index is 0.223. The van der Waals surface area contributed by atoms with Gasteiger partial charge in [0.05, 0.1) is 0 Å². The second-order valence-corrected chi connectivity index (χ2v) is 6.10. The summed E-state index contributed by atoms with van der Waals surface area (Å²) < 4.78 is 0. The number of para-hydroxylation sites is 1. The summed E-state index contributed by atoms with van der Waals surface area (Å²) in [5, 5.41) is 5.76. The molecule has 4 nitrogen and oxygen atoms in total. The molecule has 1 aliphatic carbocycles. The molecule has 3 rings (SSSR count). The largest absolute Gasteiger partial charge is 0.325 e. The smallest absolute Gasteiger partial charge is 0.240 e. The first-order valence-electron chi connectivity index (χ1n) is 7.77. The van der Waals surface area contributed by atoms with Crippen LogP contribution in [0.2, 0.25) is 0 Å². The molecule has 118 valence electrons. The Morgan fingerprint density at radius 3 is 2.17 bits per heavy atom. The molecule has 2 N–H and O–H groups in total. The highest BCUT2D eigenvalue weighted by Gasteiger charge is 2.56. The number of rotatable bonds is 4. The Morgan fingerprint density at radius 2 is 1.52 bits per heavy atom. The van der Waals surface area contributed by atoms with Crippen molar-refractivity contribution in [2.45, 2.75) is 26.7 Å². The lowest BCUT2D eigenvalue weighted by Gasteiger charge is -2.17. The highest BCUT2D eigenvalue weighted by molar-refractivity contribution is 6.17. The fourth-order valence-electron chi connectivity index (χ4n) is 2.58. The maximum absolute atomic E-state index is 12.6. The van der Waals surface area contributed by atoms with E-state index >= 15 is 0 Å². The SMILES string of the molecule is Cc1cccc(NC(=O)C2(C(=O)Nc3ccccc3)CC2)c1C. The van der Waals surface area contributed by atoms with Crippen molar-refractivity contribution in [3.05, 3.63) is 59.7 Å². The van der Waals surface area contributed by atoms with Gasteiger partial charge in [0, 0.05) is 11.4 Å². The number of anilines is 2. The van der Waals surface area contributed by atoms with E-state index in [0.717, 1.165) is 16.8 Å². The molecular formula is C19H20N2O2. The van der Waals surface area contributed by atoms with E-state index in [9.17, 15) is 9.59 Å². The van der Waals surface area contributed by atoms with Crippen molar-refractivity contribution in [3.8, 4) is 0 Å². The van der Waals surface area contributed by atoms with E-state index in [4.69, 9.17) is 0 Å². The van der Waals surface area contributed by atoms with Gasteiger partial charge in [-0.15, -0.1) is 0 Å². The van der Waals surface area contributed by atoms with E-state index in [-0.39, 0.29) is 11.8 Å². The van der Waals surface area contributed by atoms with Crippen LogP contribution in [0, 0.1) is 19.3 Å². The van der Waals surface area contributed by atoms with Crippen molar-refractivity contribution in [1.29, 1.82) is 0 Å². The van der Waals surface area contributed by atoms with Gasteiger partial charge in [-0.1, -0.05) is 30.3 Å². The topological polar surface area (TPSA) is 58.2 Å². The van der Waals surface area contributed by atoms with Crippen LogP contribution in [0.4, 0.5) is 11.4 Å². The Morgan fingerprint density at radius 1 is 0.870 bits per heavy atom. The molecule has 4 heteroatoms. The fraction of sp³-hybridized carbons (Fsp3) is 0.263. The van der Waals surface area contributed by atoms with Crippen molar-refractivity contribution in [2.75, 3.05) is 10.6 Å². The van der Waals surface area contributed by atoms with Crippen LogP contribution in [0.3, 0.4) is 0 Å². The molecule has 0 aliphatic heterocycles. The molecular weight excluding hydrogens is 288 g/mol. The highest BCUT2D eigenvalue weighted by atomic mass is 16.2. The lowest BCUT2D eigenvalue weighted by atomic mass is 10.0. The third kappa shape index (κ3) is 2.97. The monoisotopic (exact) mass is 308 g/mol. The van der Waals surface area contributed by atoms with E-state index in [0.29, 0.717) is 18.5 Å². The lowest BCUT2D eigenvalue weighted by Crippen LogP contribution is -2.35. The van der Waals surface area contributed by atoms with Crippen molar-refractivity contribution >= 4 is 23.2 Å².